The fraction of sp³-hybridized carbons (Fsp3) is 0.474. The molecule has 0 saturated carbocycles. The minimum Gasteiger partial charge on any atom is -0.463 e. The van der Waals surface area contributed by atoms with Crippen molar-refractivity contribution in [2.45, 2.75) is 50.4 Å². The topological polar surface area (TPSA) is 98.1 Å². The van der Waals surface area contributed by atoms with Gasteiger partial charge in [0, 0.05) is 29.3 Å². The summed E-state index contributed by atoms with van der Waals surface area (Å²) in [7, 11) is 0. The minimum absolute atomic E-state index is 0.269. The van der Waals surface area contributed by atoms with Gasteiger partial charge in [-0.2, -0.15) is 0 Å². The maximum atomic E-state index is 12.8. The Hall–Kier alpha value is -2.33. The minimum atomic E-state index is -0.520. The summed E-state index contributed by atoms with van der Waals surface area (Å²) >= 11 is 2.97. The maximum absolute atomic E-state index is 12.8. The molecule has 0 spiro atoms. The summed E-state index contributed by atoms with van der Waals surface area (Å²) in [6, 6.07) is 2.96. The van der Waals surface area contributed by atoms with Crippen LogP contribution in [0.1, 0.15) is 42.9 Å². The number of rotatable bonds is 6. The van der Waals surface area contributed by atoms with E-state index in [1.165, 1.54) is 29.5 Å². The van der Waals surface area contributed by atoms with Gasteiger partial charge in [0.15, 0.2) is 5.16 Å². The summed E-state index contributed by atoms with van der Waals surface area (Å²) in [6.45, 7) is 2.94. The van der Waals surface area contributed by atoms with Gasteiger partial charge in [-0.05, 0) is 31.2 Å². The highest BCUT2D eigenvalue weighted by Gasteiger charge is 2.34. The maximum Gasteiger partial charge on any atom is 0.338 e. The van der Waals surface area contributed by atoms with Crippen LogP contribution in [0.2, 0.25) is 0 Å². The van der Waals surface area contributed by atoms with Crippen molar-refractivity contribution in [2.75, 3.05) is 12.4 Å². The first-order chi connectivity index (χ1) is 14.2. The Kier molecular flexibility index (Phi) is 6.19. The summed E-state index contributed by atoms with van der Waals surface area (Å²) in [4.78, 5) is 25.9. The number of aromatic nitrogens is 3. The number of carbonyl (C=O) groups excluding carboxylic acids is 2. The highest BCUT2D eigenvalue weighted by Crippen LogP contribution is 2.33. The number of hydrogen-bond donors (Lipinski definition) is 2. The molecule has 4 heterocycles. The van der Waals surface area contributed by atoms with Crippen LogP contribution in [-0.4, -0.2) is 39.1 Å². The number of thioether (sulfide) groups is 1. The quantitative estimate of drug-likeness (QED) is 0.537. The molecule has 8 nitrogen and oxygen atoms in total. The van der Waals surface area contributed by atoms with Crippen molar-refractivity contribution in [3.63, 3.8) is 0 Å². The average molecular weight is 434 g/mol. The van der Waals surface area contributed by atoms with E-state index in [2.05, 4.69) is 25.4 Å². The van der Waals surface area contributed by atoms with Crippen LogP contribution in [0.15, 0.2) is 33.9 Å². The van der Waals surface area contributed by atoms with Crippen LogP contribution in [0.4, 0.5) is 4.79 Å². The molecule has 29 heavy (non-hydrogen) atoms. The Morgan fingerprint density at radius 3 is 3.07 bits per heavy atom. The highest BCUT2D eigenvalue weighted by molar-refractivity contribution is 7.99. The van der Waals surface area contributed by atoms with Gasteiger partial charge in [-0.1, -0.05) is 24.2 Å². The van der Waals surface area contributed by atoms with E-state index in [0.717, 1.165) is 41.7 Å². The van der Waals surface area contributed by atoms with Gasteiger partial charge in [-0.25, -0.2) is 9.59 Å². The summed E-state index contributed by atoms with van der Waals surface area (Å²) < 4.78 is 7.45. The van der Waals surface area contributed by atoms with E-state index >= 15 is 0 Å². The predicted molar refractivity (Wildman–Crippen MR) is 111 cm³/mol. The van der Waals surface area contributed by atoms with Crippen LogP contribution in [0.25, 0.3) is 0 Å². The lowest BCUT2D eigenvalue weighted by molar-refractivity contribution is -0.139. The summed E-state index contributed by atoms with van der Waals surface area (Å²) in [5, 5.41) is 17.0. The van der Waals surface area contributed by atoms with Gasteiger partial charge >= 0.3 is 12.0 Å². The zero-order valence-electron chi connectivity index (χ0n) is 16.1. The highest BCUT2D eigenvalue weighted by atomic mass is 32.2. The van der Waals surface area contributed by atoms with Crippen molar-refractivity contribution in [1.82, 2.24) is 25.4 Å². The van der Waals surface area contributed by atoms with Crippen LogP contribution in [0.3, 0.4) is 0 Å². The molecule has 0 fully saturated rings. The van der Waals surface area contributed by atoms with Crippen LogP contribution >= 0.6 is 23.1 Å². The molecule has 2 aromatic rings. The fourth-order valence-corrected chi connectivity index (χ4v) is 5.29. The summed E-state index contributed by atoms with van der Waals surface area (Å²) in [5.74, 6) is 0.992. The van der Waals surface area contributed by atoms with Gasteiger partial charge in [0.25, 0.3) is 0 Å². The average Bonchev–Trinajstić information content (AvgIpc) is 3.31. The molecule has 0 radical (unpaired) electrons. The van der Waals surface area contributed by atoms with E-state index in [-0.39, 0.29) is 12.6 Å². The van der Waals surface area contributed by atoms with E-state index < -0.39 is 12.0 Å². The van der Waals surface area contributed by atoms with Gasteiger partial charge in [0.1, 0.15) is 5.82 Å². The van der Waals surface area contributed by atoms with Crippen LogP contribution in [0.5, 0.6) is 0 Å². The third-order valence-electron chi connectivity index (χ3n) is 4.90. The van der Waals surface area contributed by atoms with Crippen LogP contribution < -0.4 is 10.6 Å². The number of ether oxygens (including phenoxy) is 1. The lowest BCUT2D eigenvalue weighted by Crippen LogP contribution is -2.46. The van der Waals surface area contributed by atoms with Crippen molar-refractivity contribution < 1.29 is 14.3 Å². The second kappa shape index (κ2) is 9.00. The Morgan fingerprint density at radius 1 is 1.38 bits per heavy atom. The molecular weight excluding hydrogens is 410 g/mol. The predicted octanol–water partition coefficient (Wildman–Crippen LogP) is 3.03. The molecule has 4 rings (SSSR count). The second-order valence-electron chi connectivity index (χ2n) is 6.81. The van der Waals surface area contributed by atoms with E-state index in [4.69, 9.17) is 4.74 Å². The zero-order chi connectivity index (χ0) is 20.2. The number of fused-ring (bicyclic) bond motifs is 1. The van der Waals surface area contributed by atoms with Gasteiger partial charge in [-0.3, -0.25) is 0 Å². The Labute approximate surface area is 177 Å². The molecule has 0 saturated heterocycles. The molecule has 2 aromatic heterocycles. The number of nitrogens with one attached hydrogen (secondary N) is 2. The third kappa shape index (κ3) is 4.32. The monoisotopic (exact) mass is 433 g/mol. The molecule has 0 aromatic carbocycles. The smallest absolute Gasteiger partial charge is 0.338 e. The summed E-state index contributed by atoms with van der Waals surface area (Å²) in [6.07, 6.45) is 4.36. The molecule has 10 heteroatoms. The molecule has 2 amide bonds. The first-order valence-electron chi connectivity index (χ1n) is 9.73. The Bertz CT molecular complexity index is 922. The number of aryl methyl sites for hydroxylation is 1. The van der Waals surface area contributed by atoms with Gasteiger partial charge < -0.3 is 19.9 Å². The van der Waals surface area contributed by atoms with Crippen LogP contribution in [0, 0.1) is 0 Å². The molecular formula is C19H23N5O3S2. The zero-order valence-corrected chi connectivity index (χ0v) is 17.8. The van der Waals surface area contributed by atoms with Crippen molar-refractivity contribution >= 4 is 35.1 Å². The van der Waals surface area contributed by atoms with E-state index in [1.807, 2.05) is 17.5 Å². The molecule has 0 unspecified atom stereocenters. The number of thiophene rings is 1. The Morgan fingerprint density at radius 2 is 2.28 bits per heavy atom. The number of urea groups is 1. The number of carbonyl (C=O) groups is 2. The molecule has 2 N–H and O–H groups in total. The normalized spacial score (nSPS) is 19.2. The number of hydrogen-bond acceptors (Lipinski definition) is 7. The molecule has 0 aliphatic carbocycles. The van der Waals surface area contributed by atoms with E-state index in [9.17, 15) is 9.59 Å². The molecule has 2 aliphatic rings. The molecule has 1 atom stereocenters. The van der Waals surface area contributed by atoms with Crippen molar-refractivity contribution in [3.8, 4) is 0 Å². The largest absolute Gasteiger partial charge is 0.463 e. The van der Waals surface area contributed by atoms with Crippen molar-refractivity contribution in [3.05, 3.63) is 39.5 Å². The van der Waals surface area contributed by atoms with E-state index in [0.29, 0.717) is 17.0 Å². The standard InChI is InChI=1S/C19H23N5O3S2/c1-2-27-17(25)15-12(20-18(26)21-16(15)13-7-6-10-28-13)11-29-19-23-22-14-8-4-3-5-9-24(14)19/h6-7,10,16H,2-5,8-9,11H2,1H3,(H2,20,21,26)/t16-/m1/s1. The van der Waals surface area contributed by atoms with Gasteiger partial charge in [-0.15, -0.1) is 21.5 Å². The van der Waals surface area contributed by atoms with E-state index in [1.54, 1.807) is 6.92 Å². The van der Waals surface area contributed by atoms with Gasteiger partial charge in [0.05, 0.1) is 18.2 Å². The molecule has 154 valence electrons. The van der Waals surface area contributed by atoms with Crippen LogP contribution in [-0.2, 0) is 22.5 Å². The number of nitrogens with zero attached hydrogens (tertiary/aromatic N) is 3. The fourth-order valence-electron chi connectivity index (χ4n) is 3.55. The van der Waals surface area contributed by atoms with Crippen molar-refractivity contribution in [2.24, 2.45) is 0 Å². The second-order valence-corrected chi connectivity index (χ2v) is 8.73. The first kappa shape index (κ1) is 20.0. The molecule has 2 aliphatic heterocycles. The number of amides is 2. The third-order valence-corrected chi connectivity index (χ3v) is 6.83. The summed E-state index contributed by atoms with van der Waals surface area (Å²) in [5.41, 5.74) is 0.999. The number of esters is 1. The SMILES string of the molecule is CCOC(=O)C1=C(CSc2nnc3n2CCCCC3)NC(=O)N[C@@H]1c1cccs1. The van der Waals surface area contributed by atoms with Crippen molar-refractivity contribution in [1.29, 1.82) is 0 Å². The Balaban J connectivity index is 1.63. The van der Waals surface area contributed by atoms with Gasteiger partial charge in [0.2, 0.25) is 0 Å². The lowest BCUT2D eigenvalue weighted by atomic mass is 10.0. The lowest BCUT2D eigenvalue weighted by Gasteiger charge is -2.28. The first-order valence-corrected chi connectivity index (χ1v) is 11.6. The molecule has 0 bridgehead atoms.